The van der Waals surface area contributed by atoms with Gasteiger partial charge in [0.1, 0.15) is 0 Å². The number of halogens is 2. The molecule has 0 N–H and O–H groups in total. The molecule has 0 unspecified atom stereocenters. The van der Waals surface area contributed by atoms with Crippen molar-refractivity contribution in [3.05, 3.63) is 44.9 Å². The van der Waals surface area contributed by atoms with Crippen LogP contribution in [0.1, 0.15) is 42.5 Å². The van der Waals surface area contributed by atoms with Crippen molar-refractivity contribution in [1.29, 1.82) is 0 Å². The van der Waals surface area contributed by atoms with Gasteiger partial charge in [0.2, 0.25) is 0 Å². The van der Waals surface area contributed by atoms with Crippen LogP contribution in [0.3, 0.4) is 0 Å². The van der Waals surface area contributed by atoms with Crippen molar-refractivity contribution in [3.63, 3.8) is 0 Å². The number of benzene rings is 1. The molecular weight excluding hydrogens is 300 g/mol. The van der Waals surface area contributed by atoms with Crippen molar-refractivity contribution in [3.8, 4) is 0 Å². The van der Waals surface area contributed by atoms with Gasteiger partial charge in [-0.3, -0.25) is 4.79 Å². The van der Waals surface area contributed by atoms with Crippen LogP contribution >= 0.6 is 27.5 Å². The molecule has 17 heavy (non-hydrogen) atoms. The summed E-state index contributed by atoms with van der Waals surface area (Å²) in [5.41, 5.74) is 1.62. The number of ketones is 1. The van der Waals surface area contributed by atoms with E-state index in [1.54, 1.807) is 12.1 Å². The number of hydrogen-bond acceptors (Lipinski definition) is 1. The third-order valence-corrected chi connectivity index (χ3v) is 3.63. The Morgan fingerprint density at radius 2 is 2.00 bits per heavy atom. The molecule has 0 aliphatic heterocycles. The smallest absolute Gasteiger partial charge is 0.188 e. The van der Waals surface area contributed by atoms with E-state index >= 15 is 0 Å². The lowest BCUT2D eigenvalue weighted by molar-refractivity contribution is 0.103. The fourth-order valence-electron chi connectivity index (χ4n) is 2.09. The Kier molecular flexibility index (Phi) is 4.41. The van der Waals surface area contributed by atoms with E-state index in [2.05, 4.69) is 22.0 Å². The van der Waals surface area contributed by atoms with Crippen LogP contribution in [0, 0.1) is 0 Å². The van der Waals surface area contributed by atoms with Crippen molar-refractivity contribution < 1.29 is 4.79 Å². The molecule has 0 saturated heterocycles. The molecule has 0 bridgehead atoms. The molecule has 1 aromatic carbocycles. The molecule has 1 nitrogen and oxygen atoms in total. The molecular formula is C14H14BrClO. The van der Waals surface area contributed by atoms with E-state index < -0.39 is 0 Å². The zero-order chi connectivity index (χ0) is 12.3. The minimum Gasteiger partial charge on any atom is -0.289 e. The van der Waals surface area contributed by atoms with E-state index in [0.29, 0.717) is 10.6 Å². The summed E-state index contributed by atoms with van der Waals surface area (Å²) in [5, 5.41) is 0.594. The number of hydrogen-bond donors (Lipinski definition) is 0. The van der Waals surface area contributed by atoms with Gasteiger partial charge in [-0.25, -0.2) is 0 Å². The lowest BCUT2D eigenvalue weighted by Gasteiger charge is -2.05. The van der Waals surface area contributed by atoms with Crippen LogP contribution in [0.4, 0.5) is 0 Å². The summed E-state index contributed by atoms with van der Waals surface area (Å²) in [6, 6.07) is 5.36. The summed E-state index contributed by atoms with van der Waals surface area (Å²) in [6.07, 6.45) is 7.51. The molecule has 0 fully saturated rings. The molecule has 0 heterocycles. The third-order valence-electron chi connectivity index (χ3n) is 2.96. The van der Waals surface area contributed by atoms with Crippen LogP contribution in [-0.4, -0.2) is 5.78 Å². The maximum absolute atomic E-state index is 12.3. The molecule has 0 atom stereocenters. The van der Waals surface area contributed by atoms with Crippen LogP contribution < -0.4 is 0 Å². The Bertz CT molecular complexity index is 445. The minimum atomic E-state index is 0.120. The van der Waals surface area contributed by atoms with Crippen molar-refractivity contribution in [2.45, 2.75) is 32.1 Å². The first-order valence-corrected chi connectivity index (χ1v) is 7.04. The first-order valence-electron chi connectivity index (χ1n) is 5.86. The molecule has 0 saturated carbocycles. The second-order valence-corrected chi connectivity index (χ2v) is 5.67. The molecule has 1 aliphatic rings. The highest BCUT2D eigenvalue weighted by Crippen LogP contribution is 2.25. The van der Waals surface area contributed by atoms with E-state index in [4.69, 9.17) is 11.6 Å². The quantitative estimate of drug-likeness (QED) is 0.688. The number of allylic oxidation sites excluding steroid dienone is 2. The highest BCUT2D eigenvalue weighted by molar-refractivity contribution is 9.10. The molecule has 0 radical (unpaired) electrons. The molecule has 0 aromatic heterocycles. The first-order chi connectivity index (χ1) is 8.16. The lowest BCUT2D eigenvalue weighted by Crippen LogP contribution is -2.03. The van der Waals surface area contributed by atoms with Gasteiger partial charge in [-0.15, -0.1) is 0 Å². The highest BCUT2D eigenvalue weighted by Gasteiger charge is 2.14. The Labute approximate surface area is 115 Å². The van der Waals surface area contributed by atoms with Crippen molar-refractivity contribution in [2.24, 2.45) is 0 Å². The Morgan fingerprint density at radius 3 is 2.76 bits per heavy atom. The zero-order valence-corrected chi connectivity index (χ0v) is 11.9. The standard InChI is InChI=1S/C14H14BrClO/c15-12-7-11(8-13(16)9-12)14(17)10-5-3-1-2-4-6-10/h5,7-9H,1-4,6H2. The highest BCUT2D eigenvalue weighted by atomic mass is 79.9. The van der Waals surface area contributed by atoms with Gasteiger partial charge in [0.05, 0.1) is 0 Å². The molecule has 1 aliphatic carbocycles. The van der Waals surface area contributed by atoms with Gasteiger partial charge in [0.15, 0.2) is 5.78 Å². The topological polar surface area (TPSA) is 17.1 Å². The molecule has 90 valence electrons. The predicted molar refractivity (Wildman–Crippen MR) is 74.7 cm³/mol. The average molecular weight is 314 g/mol. The average Bonchev–Trinajstić information content (AvgIpc) is 2.55. The van der Waals surface area contributed by atoms with E-state index in [-0.39, 0.29) is 5.78 Å². The number of carbonyl (C=O) groups is 1. The van der Waals surface area contributed by atoms with Crippen LogP contribution in [0.2, 0.25) is 5.02 Å². The molecule has 3 heteroatoms. The van der Waals surface area contributed by atoms with Crippen molar-refractivity contribution in [1.82, 2.24) is 0 Å². The molecule has 1 aromatic rings. The normalized spacial score (nSPS) is 16.2. The maximum Gasteiger partial charge on any atom is 0.188 e. The largest absolute Gasteiger partial charge is 0.289 e. The van der Waals surface area contributed by atoms with Gasteiger partial charge in [-0.1, -0.05) is 40.0 Å². The number of Topliss-reactive ketones (excluding diaryl/α,β-unsaturated/α-hetero) is 1. The fraction of sp³-hybridized carbons (Fsp3) is 0.357. The molecule has 2 rings (SSSR count). The SMILES string of the molecule is O=C(C1=CCCCCC1)c1cc(Cl)cc(Br)c1. The maximum atomic E-state index is 12.3. The lowest BCUT2D eigenvalue weighted by atomic mass is 10.00. The predicted octanol–water partition coefficient (Wildman–Crippen LogP) is 5.18. The Hall–Kier alpha value is -0.600. The van der Waals surface area contributed by atoms with Gasteiger partial charge in [-0.2, -0.15) is 0 Å². The van der Waals surface area contributed by atoms with Gasteiger partial charge < -0.3 is 0 Å². The monoisotopic (exact) mass is 312 g/mol. The van der Waals surface area contributed by atoms with Crippen LogP contribution in [0.25, 0.3) is 0 Å². The van der Waals surface area contributed by atoms with E-state index in [0.717, 1.165) is 29.3 Å². The van der Waals surface area contributed by atoms with Crippen molar-refractivity contribution in [2.75, 3.05) is 0 Å². The second kappa shape index (κ2) is 5.83. The minimum absolute atomic E-state index is 0.120. The first kappa shape index (κ1) is 12.8. The molecule has 0 spiro atoms. The van der Waals surface area contributed by atoms with Gasteiger partial charge in [-0.05, 0) is 49.5 Å². The van der Waals surface area contributed by atoms with Crippen LogP contribution in [0.5, 0.6) is 0 Å². The van der Waals surface area contributed by atoms with Crippen LogP contribution in [-0.2, 0) is 0 Å². The summed E-state index contributed by atoms with van der Waals surface area (Å²) < 4.78 is 0.850. The number of rotatable bonds is 2. The zero-order valence-electron chi connectivity index (χ0n) is 9.51. The molecule has 0 amide bonds. The summed E-state index contributed by atoms with van der Waals surface area (Å²) in [6.45, 7) is 0. The second-order valence-electron chi connectivity index (χ2n) is 4.32. The van der Waals surface area contributed by atoms with E-state index in [1.807, 2.05) is 6.07 Å². The Morgan fingerprint density at radius 1 is 1.18 bits per heavy atom. The Balaban J connectivity index is 2.26. The summed E-state index contributed by atoms with van der Waals surface area (Å²) in [5.74, 6) is 0.120. The summed E-state index contributed by atoms with van der Waals surface area (Å²) in [7, 11) is 0. The van der Waals surface area contributed by atoms with Crippen molar-refractivity contribution >= 4 is 33.3 Å². The van der Waals surface area contributed by atoms with Gasteiger partial charge >= 0.3 is 0 Å². The van der Waals surface area contributed by atoms with Gasteiger partial charge in [0.25, 0.3) is 0 Å². The van der Waals surface area contributed by atoms with E-state index in [1.165, 1.54) is 12.8 Å². The number of carbonyl (C=O) groups excluding carboxylic acids is 1. The van der Waals surface area contributed by atoms with E-state index in [9.17, 15) is 4.79 Å². The summed E-state index contributed by atoms with van der Waals surface area (Å²) in [4.78, 5) is 12.3. The van der Waals surface area contributed by atoms with Gasteiger partial charge in [0, 0.05) is 15.1 Å². The fourth-order valence-corrected chi connectivity index (χ4v) is 2.95. The summed E-state index contributed by atoms with van der Waals surface area (Å²) >= 11 is 9.33. The van der Waals surface area contributed by atoms with Crippen LogP contribution in [0.15, 0.2) is 34.3 Å². The third kappa shape index (κ3) is 3.43.